The first kappa shape index (κ1) is 20.7. The Morgan fingerprint density at radius 1 is 1.26 bits per heavy atom. The zero-order valence-electron chi connectivity index (χ0n) is 17.0. The minimum absolute atomic E-state index is 0.148. The number of carbonyl (C=O) groups excluding carboxylic acids is 1. The van der Waals surface area contributed by atoms with Crippen LogP contribution in [0.15, 0.2) is 59.9 Å². The average Bonchev–Trinajstić information content (AvgIpc) is 3.50. The van der Waals surface area contributed by atoms with Gasteiger partial charge >= 0.3 is 0 Å². The van der Waals surface area contributed by atoms with Crippen LogP contribution in [-0.4, -0.2) is 28.5 Å². The standard InChI is InChI=1S/C23H22F2N4O2/c1-29-13-19(21(28-29)22(24)25)23(30)27-20-5-3-2-4-18(20)17-10-8-15(9-11-17)12-26-31-14-16-6-7-16/h2-5,8-13,16,22H,6-7,14H2,1H3,(H,27,30). The molecule has 1 aromatic heterocycles. The molecule has 8 heteroatoms. The van der Waals surface area contributed by atoms with Crippen molar-refractivity contribution in [3.8, 4) is 11.1 Å². The maximum Gasteiger partial charge on any atom is 0.282 e. The van der Waals surface area contributed by atoms with Gasteiger partial charge in [-0.2, -0.15) is 5.10 Å². The summed E-state index contributed by atoms with van der Waals surface area (Å²) in [6.07, 6.45) is 2.54. The zero-order valence-corrected chi connectivity index (χ0v) is 17.0. The predicted octanol–water partition coefficient (Wildman–Crippen LogP) is 5.04. The van der Waals surface area contributed by atoms with Crippen LogP contribution in [0.25, 0.3) is 11.1 Å². The number of alkyl halides is 2. The van der Waals surface area contributed by atoms with Crippen LogP contribution in [-0.2, 0) is 11.9 Å². The fraction of sp³-hybridized carbons (Fsp3) is 0.261. The van der Waals surface area contributed by atoms with E-state index in [-0.39, 0.29) is 5.56 Å². The molecule has 0 bridgehead atoms. The molecule has 1 saturated carbocycles. The second kappa shape index (κ2) is 9.07. The van der Waals surface area contributed by atoms with E-state index in [2.05, 4.69) is 15.6 Å². The Bertz CT molecular complexity index is 1090. The number of benzene rings is 2. The Kier molecular flexibility index (Phi) is 6.06. The molecule has 1 amide bonds. The van der Waals surface area contributed by atoms with E-state index in [4.69, 9.17) is 4.84 Å². The highest BCUT2D eigenvalue weighted by atomic mass is 19.3. The van der Waals surface area contributed by atoms with Gasteiger partial charge in [0.05, 0.1) is 11.8 Å². The van der Waals surface area contributed by atoms with Crippen molar-refractivity contribution in [1.82, 2.24) is 9.78 Å². The molecule has 2 aromatic carbocycles. The number of rotatable bonds is 8. The summed E-state index contributed by atoms with van der Waals surface area (Å²) in [5, 5.41) is 10.4. The monoisotopic (exact) mass is 424 g/mol. The number of hydrogen-bond acceptors (Lipinski definition) is 4. The van der Waals surface area contributed by atoms with Crippen LogP contribution >= 0.6 is 0 Å². The molecular weight excluding hydrogens is 402 g/mol. The van der Waals surface area contributed by atoms with E-state index in [9.17, 15) is 13.6 Å². The van der Waals surface area contributed by atoms with E-state index in [0.717, 1.165) is 16.7 Å². The Hall–Kier alpha value is -3.55. The van der Waals surface area contributed by atoms with E-state index < -0.39 is 18.0 Å². The summed E-state index contributed by atoms with van der Waals surface area (Å²) in [7, 11) is 1.50. The van der Waals surface area contributed by atoms with E-state index in [1.54, 1.807) is 18.3 Å². The number of aromatic nitrogens is 2. The van der Waals surface area contributed by atoms with Crippen LogP contribution < -0.4 is 5.32 Å². The lowest BCUT2D eigenvalue weighted by Gasteiger charge is -2.11. The first-order valence-corrected chi connectivity index (χ1v) is 9.99. The molecule has 6 nitrogen and oxygen atoms in total. The Labute approximate surface area is 178 Å². The Morgan fingerprint density at radius 2 is 2.00 bits per heavy atom. The van der Waals surface area contributed by atoms with Gasteiger partial charge < -0.3 is 10.2 Å². The molecule has 3 aromatic rings. The van der Waals surface area contributed by atoms with Crippen molar-refractivity contribution in [3.63, 3.8) is 0 Å². The van der Waals surface area contributed by atoms with Crippen molar-refractivity contribution in [2.75, 3.05) is 11.9 Å². The van der Waals surface area contributed by atoms with E-state index in [1.807, 2.05) is 36.4 Å². The SMILES string of the molecule is Cn1cc(C(=O)Nc2ccccc2-c2ccc(C=NOCC3CC3)cc2)c(C(F)F)n1. The average molecular weight is 424 g/mol. The lowest BCUT2D eigenvalue weighted by molar-refractivity contribution is 0.101. The summed E-state index contributed by atoms with van der Waals surface area (Å²) < 4.78 is 27.6. The van der Waals surface area contributed by atoms with Gasteiger partial charge in [-0.1, -0.05) is 47.6 Å². The number of amides is 1. The minimum atomic E-state index is -2.83. The highest BCUT2D eigenvalue weighted by Crippen LogP contribution is 2.30. The van der Waals surface area contributed by atoms with E-state index in [1.165, 1.54) is 30.8 Å². The van der Waals surface area contributed by atoms with E-state index in [0.29, 0.717) is 18.2 Å². The molecule has 1 aliphatic carbocycles. The maximum absolute atomic E-state index is 13.2. The molecule has 0 saturated heterocycles. The maximum atomic E-state index is 13.2. The first-order valence-electron chi connectivity index (χ1n) is 9.99. The van der Waals surface area contributed by atoms with Crippen LogP contribution in [0.2, 0.25) is 0 Å². The normalized spacial score (nSPS) is 13.7. The van der Waals surface area contributed by atoms with Crippen LogP contribution in [0.4, 0.5) is 14.5 Å². The molecule has 0 unspecified atom stereocenters. The Balaban J connectivity index is 1.50. The largest absolute Gasteiger partial charge is 0.396 e. The number of oxime groups is 1. The molecule has 160 valence electrons. The number of halogens is 2. The molecule has 4 rings (SSSR count). The fourth-order valence-electron chi connectivity index (χ4n) is 3.16. The van der Waals surface area contributed by atoms with Gasteiger partial charge in [-0.15, -0.1) is 0 Å². The second-order valence-corrected chi connectivity index (χ2v) is 7.50. The van der Waals surface area contributed by atoms with Crippen LogP contribution in [0.5, 0.6) is 0 Å². The number of hydrogen-bond donors (Lipinski definition) is 1. The smallest absolute Gasteiger partial charge is 0.282 e. The molecular formula is C23H22F2N4O2. The zero-order chi connectivity index (χ0) is 21.8. The second-order valence-electron chi connectivity index (χ2n) is 7.50. The van der Waals surface area contributed by atoms with Gasteiger partial charge in [0.15, 0.2) is 0 Å². The third-order valence-electron chi connectivity index (χ3n) is 4.99. The molecule has 1 aliphatic rings. The molecule has 1 fully saturated rings. The van der Waals surface area contributed by atoms with Crippen LogP contribution in [0, 0.1) is 5.92 Å². The molecule has 0 radical (unpaired) electrons. The third kappa shape index (κ3) is 5.14. The summed E-state index contributed by atoms with van der Waals surface area (Å²) in [4.78, 5) is 17.9. The summed E-state index contributed by atoms with van der Waals surface area (Å²) in [5.74, 6) is 0.0158. The summed E-state index contributed by atoms with van der Waals surface area (Å²) in [5.41, 5.74) is 2.36. The van der Waals surface area contributed by atoms with Gasteiger partial charge in [-0.3, -0.25) is 9.48 Å². The van der Waals surface area contributed by atoms with Gasteiger partial charge in [0.2, 0.25) is 0 Å². The number of carbonyl (C=O) groups is 1. The third-order valence-corrected chi connectivity index (χ3v) is 4.99. The lowest BCUT2D eigenvalue weighted by atomic mass is 10.0. The highest BCUT2D eigenvalue weighted by molar-refractivity contribution is 6.07. The van der Waals surface area contributed by atoms with Gasteiger partial charge in [0, 0.05) is 24.5 Å². The molecule has 1 N–H and O–H groups in total. The van der Waals surface area contributed by atoms with E-state index >= 15 is 0 Å². The van der Waals surface area contributed by atoms with Gasteiger partial charge in [0.1, 0.15) is 12.3 Å². The molecule has 0 spiro atoms. The number of para-hydroxylation sites is 1. The van der Waals surface area contributed by atoms with Gasteiger partial charge in [0.25, 0.3) is 12.3 Å². The molecule has 0 atom stereocenters. The van der Waals surface area contributed by atoms with Crippen LogP contribution in [0.1, 0.15) is 40.9 Å². The summed E-state index contributed by atoms with van der Waals surface area (Å²) >= 11 is 0. The number of nitrogens with zero attached hydrogens (tertiary/aromatic N) is 3. The predicted molar refractivity (Wildman–Crippen MR) is 114 cm³/mol. The van der Waals surface area contributed by atoms with Crippen molar-refractivity contribution in [1.29, 1.82) is 0 Å². The van der Waals surface area contributed by atoms with Gasteiger partial charge in [-0.05, 0) is 36.0 Å². The summed E-state index contributed by atoms with van der Waals surface area (Å²) in [6, 6.07) is 14.8. The fourth-order valence-corrected chi connectivity index (χ4v) is 3.16. The van der Waals surface area contributed by atoms with Crippen molar-refractivity contribution < 1.29 is 18.4 Å². The topological polar surface area (TPSA) is 68.5 Å². The first-order chi connectivity index (χ1) is 15.0. The number of nitrogens with one attached hydrogen (secondary N) is 1. The Morgan fingerprint density at radius 3 is 2.71 bits per heavy atom. The van der Waals surface area contributed by atoms with Crippen LogP contribution in [0.3, 0.4) is 0 Å². The summed E-state index contributed by atoms with van der Waals surface area (Å²) in [6.45, 7) is 0.659. The molecule has 0 aliphatic heterocycles. The van der Waals surface area contributed by atoms with Gasteiger partial charge in [-0.25, -0.2) is 8.78 Å². The molecule has 31 heavy (non-hydrogen) atoms. The highest BCUT2D eigenvalue weighted by Gasteiger charge is 2.23. The van der Waals surface area contributed by atoms with Crippen molar-refractivity contribution in [2.45, 2.75) is 19.3 Å². The number of aryl methyl sites for hydroxylation is 1. The minimum Gasteiger partial charge on any atom is -0.396 e. The van der Waals surface area contributed by atoms with Crippen molar-refractivity contribution >= 4 is 17.8 Å². The van der Waals surface area contributed by atoms with Crippen molar-refractivity contribution in [3.05, 3.63) is 71.5 Å². The quantitative estimate of drug-likeness (QED) is 0.407. The number of anilines is 1. The van der Waals surface area contributed by atoms with Crippen molar-refractivity contribution in [2.24, 2.45) is 18.1 Å². The lowest BCUT2D eigenvalue weighted by Crippen LogP contribution is -2.14. The molecule has 1 heterocycles.